The van der Waals surface area contributed by atoms with Crippen molar-refractivity contribution in [3.8, 4) is 0 Å². The van der Waals surface area contributed by atoms with Crippen LogP contribution in [0.5, 0.6) is 0 Å². The Morgan fingerprint density at radius 3 is 2.93 bits per heavy atom. The molecule has 1 aliphatic carbocycles. The van der Waals surface area contributed by atoms with Gasteiger partial charge in [0.15, 0.2) is 0 Å². The molecule has 78 valence electrons. The van der Waals surface area contributed by atoms with Crippen molar-refractivity contribution in [2.75, 3.05) is 13.6 Å². The summed E-state index contributed by atoms with van der Waals surface area (Å²) >= 11 is 0. The minimum atomic E-state index is -0.140. The van der Waals surface area contributed by atoms with Gasteiger partial charge in [0.25, 0.3) is 0 Å². The molecular formula is C13H14FN. The quantitative estimate of drug-likeness (QED) is 0.678. The monoisotopic (exact) mass is 203 g/mol. The van der Waals surface area contributed by atoms with Crippen LogP contribution in [0.25, 0.3) is 5.57 Å². The molecule has 1 aromatic carbocycles. The minimum absolute atomic E-state index is 0.140. The van der Waals surface area contributed by atoms with Crippen LogP contribution in [0.2, 0.25) is 0 Å². The summed E-state index contributed by atoms with van der Waals surface area (Å²) in [4.78, 5) is 2.37. The van der Waals surface area contributed by atoms with E-state index in [4.69, 9.17) is 0 Å². The van der Waals surface area contributed by atoms with E-state index < -0.39 is 0 Å². The molecule has 2 bridgehead atoms. The molecule has 1 fully saturated rings. The minimum Gasteiger partial charge on any atom is -0.299 e. The Bertz CT molecular complexity index is 424. The van der Waals surface area contributed by atoms with E-state index in [9.17, 15) is 4.39 Å². The maximum atomic E-state index is 13.1. The lowest BCUT2D eigenvalue weighted by atomic mass is 10.0. The van der Waals surface area contributed by atoms with Crippen molar-refractivity contribution < 1.29 is 4.39 Å². The summed E-state index contributed by atoms with van der Waals surface area (Å²) in [6, 6.07) is 7.44. The normalized spacial score (nSPS) is 29.6. The molecule has 2 heteroatoms. The summed E-state index contributed by atoms with van der Waals surface area (Å²) in [7, 11) is 2.15. The highest BCUT2D eigenvalue weighted by molar-refractivity contribution is 5.73. The second-order valence-electron chi connectivity index (χ2n) is 4.58. The van der Waals surface area contributed by atoms with E-state index in [1.807, 2.05) is 6.07 Å². The molecule has 15 heavy (non-hydrogen) atoms. The first kappa shape index (κ1) is 9.10. The number of halogens is 1. The maximum absolute atomic E-state index is 13.1. The van der Waals surface area contributed by atoms with E-state index in [-0.39, 0.29) is 5.82 Å². The first-order valence-electron chi connectivity index (χ1n) is 5.42. The molecule has 1 saturated heterocycles. The van der Waals surface area contributed by atoms with Crippen LogP contribution in [0.4, 0.5) is 4.39 Å². The summed E-state index contributed by atoms with van der Waals surface area (Å²) in [6.07, 6.45) is 3.53. The molecular weight excluding hydrogens is 189 g/mol. The van der Waals surface area contributed by atoms with Crippen molar-refractivity contribution in [3.05, 3.63) is 41.7 Å². The van der Waals surface area contributed by atoms with E-state index in [0.717, 1.165) is 12.1 Å². The third kappa shape index (κ3) is 1.40. The predicted octanol–water partition coefficient (Wildman–Crippen LogP) is 2.54. The van der Waals surface area contributed by atoms with Crippen molar-refractivity contribution in [1.82, 2.24) is 4.90 Å². The molecule has 2 aliphatic rings. The Morgan fingerprint density at radius 1 is 1.40 bits per heavy atom. The average molecular weight is 203 g/mol. The van der Waals surface area contributed by atoms with Gasteiger partial charge < -0.3 is 0 Å². The fraction of sp³-hybridized carbons (Fsp3) is 0.385. The zero-order valence-electron chi connectivity index (χ0n) is 8.78. The third-order valence-corrected chi connectivity index (χ3v) is 3.51. The lowest BCUT2D eigenvalue weighted by Crippen LogP contribution is -2.27. The highest BCUT2D eigenvalue weighted by Crippen LogP contribution is 2.40. The van der Waals surface area contributed by atoms with E-state index in [1.165, 1.54) is 18.1 Å². The third-order valence-electron chi connectivity index (χ3n) is 3.51. The van der Waals surface area contributed by atoms with Gasteiger partial charge >= 0.3 is 0 Å². The van der Waals surface area contributed by atoms with Gasteiger partial charge in [0, 0.05) is 12.6 Å². The van der Waals surface area contributed by atoms with Gasteiger partial charge in [-0.15, -0.1) is 0 Å². The van der Waals surface area contributed by atoms with Gasteiger partial charge in [0.05, 0.1) is 0 Å². The first-order valence-corrected chi connectivity index (χ1v) is 5.42. The van der Waals surface area contributed by atoms with Gasteiger partial charge in [-0.3, -0.25) is 4.90 Å². The van der Waals surface area contributed by atoms with Crippen LogP contribution in [-0.2, 0) is 0 Å². The largest absolute Gasteiger partial charge is 0.299 e. The summed E-state index contributed by atoms with van der Waals surface area (Å²) in [5.74, 6) is 0.539. The lowest BCUT2D eigenvalue weighted by Gasteiger charge is -2.24. The number of likely N-dealkylation sites (tertiary alicyclic amines) is 1. The van der Waals surface area contributed by atoms with Crippen LogP contribution in [0.1, 0.15) is 12.0 Å². The fourth-order valence-electron chi connectivity index (χ4n) is 2.85. The second kappa shape index (κ2) is 3.17. The number of benzene rings is 1. The van der Waals surface area contributed by atoms with Crippen molar-refractivity contribution >= 4 is 5.57 Å². The summed E-state index contributed by atoms with van der Waals surface area (Å²) in [5.41, 5.74) is 2.36. The van der Waals surface area contributed by atoms with E-state index >= 15 is 0 Å². The zero-order chi connectivity index (χ0) is 10.4. The molecule has 0 saturated carbocycles. The Labute approximate surface area is 89.2 Å². The van der Waals surface area contributed by atoms with Crippen LogP contribution in [-0.4, -0.2) is 24.5 Å². The van der Waals surface area contributed by atoms with Crippen molar-refractivity contribution in [3.63, 3.8) is 0 Å². The standard InChI is InChI=1S/C13H14FN/c1-15-8-9-5-12(13(15)6-9)10-3-2-4-11(14)7-10/h2-5,7,9,13H,6,8H2,1H3. The lowest BCUT2D eigenvalue weighted by molar-refractivity contribution is 0.353. The molecule has 0 aromatic heterocycles. The number of likely N-dealkylation sites (N-methyl/N-ethyl adjacent to an activating group) is 1. The zero-order valence-corrected chi connectivity index (χ0v) is 8.78. The summed E-state index contributed by atoms with van der Waals surface area (Å²) in [5, 5.41) is 0. The molecule has 1 heterocycles. The molecule has 0 spiro atoms. The van der Waals surface area contributed by atoms with Crippen LogP contribution in [0.15, 0.2) is 30.3 Å². The molecule has 2 unspecified atom stereocenters. The van der Waals surface area contributed by atoms with E-state index in [1.54, 1.807) is 12.1 Å². The molecule has 2 atom stereocenters. The van der Waals surface area contributed by atoms with Gasteiger partial charge in [-0.1, -0.05) is 18.2 Å². The fourth-order valence-corrected chi connectivity index (χ4v) is 2.85. The van der Waals surface area contributed by atoms with Crippen LogP contribution in [0, 0.1) is 11.7 Å². The molecule has 1 aromatic rings. The van der Waals surface area contributed by atoms with Gasteiger partial charge in [-0.05, 0) is 42.7 Å². The first-order chi connectivity index (χ1) is 7.24. The van der Waals surface area contributed by atoms with Gasteiger partial charge in [-0.25, -0.2) is 4.39 Å². The smallest absolute Gasteiger partial charge is 0.123 e. The Morgan fingerprint density at radius 2 is 2.27 bits per heavy atom. The highest BCUT2D eigenvalue weighted by Gasteiger charge is 2.37. The van der Waals surface area contributed by atoms with Crippen LogP contribution in [0.3, 0.4) is 0 Å². The molecule has 1 aliphatic heterocycles. The Hall–Kier alpha value is -1.15. The van der Waals surface area contributed by atoms with Crippen LogP contribution >= 0.6 is 0 Å². The number of rotatable bonds is 1. The topological polar surface area (TPSA) is 3.24 Å². The molecule has 3 rings (SSSR count). The second-order valence-corrected chi connectivity index (χ2v) is 4.58. The number of nitrogens with zero attached hydrogens (tertiary/aromatic N) is 1. The van der Waals surface area contributed by atoms with E-state index in [0.29, 0.717) is 12.0 Å². The number of fused-ring (bicyclic) bond motifs is 2. The van der Waals surface area contributed by atoms with Crippen LogP contribution < -0.4 is 0 Å². The molecule has 0 amide bonds. The number of hydrogen-bond donors (Lipinski definition) is 0. The predicted molar refractivity (Wildman–Crippen MR) is 58.9 cm³/mol. The molecule has 0 N–H and O–H groups in total. The molecule has 0 radical (unpaired) electrons. The summed E-state index contributed by atoms with van der Waals surface area (Å²) in [6.45, 7) is 1.16. The van der Waals surface area contributed by atoms with Crippen molar-refractivity contribution in [2.24, 2.45) is 5.92 Å². The average Bonchev–Trinajstić information content (AvgIpc) is 2.76. The van der Waals surface area contributed by atoms with Gasteiger partial charge in [0.1, 0.15) is 5.82 Å². The Kier molecular flexibility index (Phi) is 1.93. The SMILES string of the molecule is CN1CC2C=C(c3cccc(F)c3)C1C2. The summed E-state index contributed by atoms with van der Waals surface area (Å²) < 4.78 is 13.1. The number of hydrogen-bond acceptors (Lipinski definition) is 1. The van der Waals surface area contributed by atoms with Gasteiger partial charge in [-0.2, -0.15) is 0 Å². The van der Waals surface area contributed by atoms with Gasteiger partial charge in [0.2, 0.25) is 0 Å². The van der Waals surface area contributed by atoms with E-state index in [2.05, 4.69) is 18.0 Å². The highest BCUT2D eigenvalue weighted by atomic mass is 19.1. The Balaban J connectivity index is 1.99. The molecule has 1 nitrogen and oxygen atoms in total. The van der Waals surface area contributed by atoms with Crippen molar-refractivity contribution in [2.45, 2.75) is 12.5 Å². The van der Waals surface area contributed by atoms with Crippen molar-refractivity contribution in [1.29, 1.82) is 0 Å². The maximum Gasteiger partial charge on any atom is 0.123 e.